The number of halogens is 1. The van der Waals surface area contributed by atoms with Crippen molar-refractivity contribution >= 4 is 17.4 Å². The van der Waals surface area contributed by atoms with Gasteiger partial charge in [-0.25, -0.2) is 0 Å². The molecule has 0 bridgehead atoms. The highest BCUT2D eigenvalue weighted by molar-refractivity contribution is 6.31. The molecule has 0 aromatic heterocycles. The summed E-state index contributed by atoms with van der Waals surface area (Å²) in [6.07, 6.45) is 3.72. The van der Waals surface area contributed by atoms with E-state index < -0.39 is 0 Å². The third kappa shape index (κ3) is 4.05. The van der Waals surface area contributed by atoms with E-state index in [0.29, 0.717) is 5.02 Å². The molecule has 19 heavy (non-hydrogen) atoms. The molecule has 104 valence electrons. The van der Waals surface area contributed by atoms with Crippen molar-refractivity contribution in [1.29, 1.82) is 0 Å². The normalized spacial score (nSPS) is 16.6. The number of Topliss-reactive ketones (excluding diaryl/α,β-unsaturated/α-hetero) is 1. The second-order valence-electron chi connectivity index (χ2n) is 5.49. The lowest BCUT2D eigenvalue weighted by Crippen LogP contribution is -2.40. The molecule has 0 radical (unpaired) electrons. The van der Waals surface area contributed by atoms with E-state index >= 15 is 0 Å². The summed E-state index contributed by atoms with van der Waals surface area (Å²) in [5, 5.41) is 0.627. The van der Waals surface area contributed by atoms with Gasteiger partial charge in [0.15, 0.2) is 5.78 Å². The third-order valence-electron chi connectivity index (χ3n) is 3.74. The Balaban J connectivity index is 2.06. The number of benzene rings is 1. The molecule has 1 unspecified atom stereocenters. The van der Waals surface area contributed by atoms with Gasteiger partial charge in [-0.2, -0.15) is 0 Å². The number of carbonyl (C=O) groups is 1. The number of ketones is 1. The van der Waals surface area contributed by atoms with Crippen LogP contribution >= 0.6 is 11.6 Å². The molecule has 0 saturated heterocycles. The van der Waals surface area contributed by atoms with Crippen LogP contribution in [-0.4, -0.2) is 29.8 Å². The van der Waals surface area contributed by atoms with E-state index in [9.17, 15) is 4.79 Å². The maximum atomic E-state index is 12.5. The zero-order valence-electron chi connectivity index (χ0n) is 11.7. The number of rotatable bonds is 7. The lowest BCUT2D eigenvalue weighted by Gasteiger charge is -2.27. The van der Waals surface area contributed by atoms with Crippen LogP contribution in [0.3, 0.4) is 0 Å². The van der Waals surface area contributed by atoms with Crippen LogP contribution in [-0.2, 0) is 0 Å². The molecule has 1 aromatic carbocycles. The lowest BCUT2D eigenvalue weighted by molar-refractivity contribution is 0.0831. The largest absolute Gasteiger partial charge is 0.293 e. The summed E-state index contributed by atoms with van der Waals surface area (Å²) in [4.78, 5) is 14.8. The Morgan fingerprint density at radius 2 is 2.21 bits per heavy atom. The van der Waals surface area contributed by atoms with E-state index in [0.717, 1.165) is 31.0 Å². The Morgan fingerprint density at radius 3 is 2.79 bits per heavy atom. The molecule has 1 saturated carbocycles. The fourth-order valence-electron chi connectivity index (χ4n) is 2.41. The predicted octanol–water partition coefficient (Wildman–Crippen LogP) is 4.03. The summed E-state index contributed by atoms with van der Waals surface area (Å²) < 4.78 is 0. The molecule has 0 heterocycles. The van der Waals surface area contributed by atoms with Crippen LogP contribution in [0.25, 0.3) is 0 Å². The second-order valence-corrected chi connectivity index (χ2v) is 5.93. The van der Waals surface area contributed by atoms with Crippen LogP contribution in [0.4, 0.5) is 0 Å². The minimum Gasteiger partial charge on any atom is -0.293 e. The van der Waals surface area contributed by atoms with E-state index in [4.69, 9.17) is 11.6 Å². The van der Waals surface area contributed by atoms with Gasteiger partial charge in [0.25, 0.3) is 0 Å². The summed E-state index contributed by atoms with van der Waals surface area (Å²) in [5.41, 5.74) is 0.719. The summed E-state index contributed by atoms with van der Waals surface area (Å²) in [7, 11) is 0. The van der Waals surface area contributed by atoms with Crippen LogP contribution in [0.2, 0.25) is 5.02 Å². The average Bonchev–Trinajstić information content (AvgIpc) is 3.20. The van der Waals surface area contributed by atoms with Gasteiger partial charge >= 0.3 is 0 Å². The standard InChI is InChI=1S/C16H22ClNO/c1-3-9-18(11-13-7-8-13)12(2)16(19)14-5-4-6-15(17)10-14/h4-6,10,12-13H,3,7-9,11H2,1-2H3. The summed E-state index contributed by atoms with van der Waals surface area (Å²) in [5.74, 6) is 0.984. The first-order valence-electron chi connectivity index (χ1n) is 7.15. The summed E-state index contributed by atoms with van der Waals surface area (Å²) in [6.45, 7) is 6.23. The third-order valence-corrected chi connectivity index (χ3v) is 3.97. The smallest absolute Gasteiger partial charge is 0.179 e. The van der Waals surface area contributed by atoms with E-state index in [1.165, 1.54) is 12.8 Å². The maximum Gasteiger partial charge on any atom is 0.179 e. The molecular weight excluding hydrogens is 258 g/mol. The molecule has 1 atom stereocenters. The van der Waals surface area contributed by atoms with E-state index in [1.54, 1.807) is 12.1 Å². The van der Waals surface area contributed by atoms with Gasteiger partial charge in [0, 0.05) is 17.1 Å². The van der Waals surface area contributed by atoms with Gasteiger partial charge in [0.1, 0.15) is 0 Å². The van der Waals surface area contributed by atoms with Crippen LogP contribution in [0.15, 0.2) is 24.3 Å². The number of hydrogen-bond acceptors (Lipinski definition) is 2. The predicted molar refractivity (Wildman–Crippen MR) is 79.8 cm³/mol. The molecule has 0 spiro atoms. The van der Waals surface area contributed by atoms with Crippen LogP contribution < -0.4 is 0 Å². The Bertz CT molecular complexity index is 442. The highest BCUT2D eigenvalue weighted by Crippen LogP contribution is 2.30. The Morgan fingerprint density at radius 1 is 1.47 bits per heavy atom. The number of nitrogens with zero attached hydrogens (tertiary/aromatic N) is 1. The van der Waals surface area contributed by atoms with Crippen molar-refractivity contribution in [2.24, 2.45) is 5.92 Å². The van der Waals surface area contributed by atoms with Crippen molar-refractivity contribution in [3.63, 3.8) is 0 Å². The monoisotopic (exact) mass is 279 g/mol. The number of hydrogen-bond donors (Lipinski definition) is 0. The van der Waals surface area contributed by atoms with E-state index in [2.05, 4.69) is 11.8 Å². The summed E-state index contributed by atoms with van der Waals surface area (Å²) >= 11 is 5.96. The highest BCUT2D eigenvalue weighted by Gasteiger charge is 2.29. The van der Waals surface area contributed by atoms with Crippen molar-refractivity contribution in [1.82, 2.24) is 4.90 Å². The first-order valence-corrected chi connectivity index (χ1v) is 7.53. The SMILES string of the molecule is CCCN(CC1CC1)C(C)C(=O)c1cccc(Cl)c1. The zero-order valence-corrected chi connectivity index (χ0v) is 12.5. The van der Waals surface area contributed by atoms with Crippen molar-refractivity contribution in [2.75, 3.05) is 13.1 Å². The molecule has 0 N–H and O–H groups in total. The molecule has 2 rings (SSSR count). The number of carbonyl (C=O) groups excluding carboxylic acids is 1. The van der Waals surface area contributed by atoms with Gasteiger partial charge in [-0.05, 0) is 50.8 Å². The fourth-order valence-corrected chi connectivity index (χ4v) is 2.60. The Kier molecular flexibility index (Phi) is 5.00. The molecule has 0 amide bonds. The lowest BCUT2D eigenvalue weighted by atomic mass is 10.0. The van der Waals surface area contributed by atoms with Crippen molar-refractivity contribution in [3.05, 3.63) is 34.9 Å². The van der Waals surface area contributed by atoms with Crippen molar-refractivity contribution in [3.8, 4) is 0 Å². The Hall–Kier alpha value is -0.860. The van der Waals surface area contributed by atoms with E-state index in [1.807, 2.05) is 19.1 Å². The molecule has 2 nitrogen and oxygen atoms in total. The van der Waals surface area contributed by atoms with Gasteiger partial charge in [-0.3, -0.25) is 9.69 Å². The van der Waals surface area contributed by atoms with Crippen LogP contribution in [0, 0.1) is 5.92 Å². The van der Waals surface area contributed by atoms with Gasteiger partial charge in [0.05, 0.1) is 6.04 Å². The quantitative estimate of drug-likeness (QED) is 0.702. The average molecular weight is 280 g/mol. The molecule has 1 aliphatic carbocycles. The molecular formula is C16H22ClNO. The maximum absolute atomic E-state index is 12.5. The van der Waals surface area contributed by atoms with Crippen molar-refractivity contribution in [2.45, 2.75) is 39.2 Å². The molecule has 3 heteroatoms. The minimum absolute atomic E-state index is 0.0565. The molecule has 1 fully saturated rings. The molecule has 1 aromatic rings. The molecule has 0 aliphatic heterocycles. The topological polar surface area (TPSA) is 20.3 Å². The van der Waals surface area contributed by atoms with Gasteiger partial charge < -0.3 is 0 Å². The second kappa shape index (κ2) is 6.53. The zero-order chi connectivity index (χ0) is 13.8. The summed E-state index contributed by atoms with van der Waals surface area (Å²) in [6, 6.07) is 7.21. The molecule has 1 aliphatic rings. The van der Waals surface area contributed by atoms with Gasteiger partial charge in [-0.1, -0.05) is 30.7 Å². The Labute approximate surface area is 120 Å². The first-order chi connectivity index (χ1) is 9.11. The highest BCUT2D eigenvalue weighted by atomic mass is 35.5. The minimum atomic E-state index is -0.0565. The van der Waals surface area contributed by atoms with Crippen molar-refractivity contribution < 1.29 is 4.79 Å². The van der Waals surface area contributed by atoms with Gasteiger partial charge in [-0.15, -0.1) is 0 Å². The van der Waals surface area contributed by atoms with Crippen LogP contribution in [0.5, 0.6) is 0 Å². The van der Waals surface area contributed by atoms with Gasteiger partial charge in [0.2, 0.25) is 0 Å². The van der Waals surface area contributed by atoms with Crippen LogP contribution in [0.1, 0.15) is 43.5 Å². The fraction of sp³-hybridized carbons (Fsp3) is 0.562. The van der Waals surface area contributed by atoms with E-state index in [-0.39, 0.29) is 11.8 Å². The first kappa shape index (κ1) is 14.5.